The second kappa shape index (κ2) is 4.04. The summed E-state index contributed by atoms with van der Waals surface area (Å²) >= 11 is 0. The van der Waals surface area contributed by atoms with Crippen LogP contribution in [0.5, 0.6) is 5.75 Å². The van der Waals surface area contributed by atoms with Gasteiger partial charge < -0.3 is 10.3 Å². The predicted octanol–water partition coefficient (Wildman–Crippen LogP) is 1.34. The first-order valence-electron chi connectivity index (χ1n) is 5.60. The van der Waals surface area contributed by atoms with Crippen molar-refractivity contribution >= 4 is 28.8 Å². The number of hydroxylamine groups is 2. The van der Waals surface area contributed by atoms with Gasteiger partial charge in [-0.1, -0.05) is 17.3 Å². The molecule has 2 amide bonds. The van der Waals surface area contributed by atoms with E-state index >= 15 is 0 Å². The molecule has 0 saturated heterocycles. The van der Waals surface area contributed by atoms with Gasteiger partial charge in [-0.15, -0.1) is 5.06 Å². The number of oxime groups is 1. The fourth-order valence-corrected chi connectivity index (χ4v) is 2.35. The highest BCUT2D eigenvalue weighted by Gasteiger charge is 2.33. The first kappa shape index (κ1) is 12.1. The second-order valence-corrected chi connectivity index (χ2v) is 4.25. The SMILES string of the molecule is O=C1c2cccc3c(/C=N\O)c(O)cc(c23)C(=O)N1O. The lowest BCUT2D eigenvalue weighted by atomic mass is 9.91. The summed E-state index contributed by atoms with van der Waals surface area (Å²) in [5.74, 6) is -2.05. The molecule has 0 atom stereocenters. The van der Waals surface area contributed by atoms with Crippen LogP contribution in [-0.2, 0) is 0 Å². The van der Waals surface area contributed by atoms with Crippen LogP contribution in [0.15, 0.2) is 29.4 Å². The van der Waals surface area contributed by atoms with Crippen LogP contribution >= 0.6 is 0 Å². The van der Waals surface area contributed by atoms with Crippen LogP contribution < -0.4 is 0 Å². The van der Waals surface area contributed by atoms with Gasteiger partial charge in [0.25, 0.3) is 11.8 Å². The quantitative estimate of drug-likeness (QED) is 0.238. The van der Waals surface area contributed by atoms with E-state index in [2.05, 4.69) is 5.16 Å². The van der Waals surface area contributed by atoms with Gasteiger partial charge in [0.15, 0.2) is 0 Å². The Bertz CT molecular complexity index is 797. The Morgan fingerprint density at radius 2 is 1.85 bits per heavy atom. The molecular weight excluding hydrogens is 264 g/mol. The number of amides is 2. The van der Waals surface area contributed by atoms with E-state index in [9.17, 15) is 19.9 Å². The second-order valence-electron chi connectivity index (χ2n) is 4.25. The largest absolute Gasteiger partial charge is 0.507 e. The van der Waals surface area contributed by atoms with E-state index in [1.165, 1.54) is 12.1 Å². The molecule has 0 aromatic heterocycles. The molecule has 0 fully saturated rings. The topological polar surface area (TPSA) is 110 Å². The van der Waals surface area contributed by atoms with Gasteiger partial charge in [0, 0.05) is 10.9 Å². The molecule has 0 aliphatic carbocycles. The molecule has 1 aliphatic rings. The third-order valence-corrected chi connectivity index (χ3v) is 3.21. The Hall–Kier alpha value is -2.93. The van der Waals surface area contributed by atoms with Crippen LogP contribution in [-0.4, -0.2) is 38.6 Å². The molecule has 1 heterocycles. The molecule has 2 aromatic carbocycles. The smallest absolute Gasteiger partial charge is 0.285 e. The zero-order valence-corrected chi connectivity index (χ0v) is 9.94. The number of hydrogen-bond acceptors (Lipinski definition) is 6. The Balaban J connectivity index is 2.52. The molecule has 0 saturated carbocycles. The highest BCUT2D eigenvalue weighted by molar-refractivity contribution is 6.26. The molecular formula is C13H8N2O5. The predicted molar refractivity (Wildman–Crippen MR) is 67.3 cm³/mol. The monoisotopic (exact) mass is 272 g/mol. The van der Waals surface area contributed by atoms with Crippen molar-refractivity contribution < 1.29 is 25.1 Å². The Morgan fingerprint density at radius 1 is 1.15 bits per heavy atom. The summed E-state index contributed by atoms with van der Waals surface area (Å²) in [4.78, 5) is 23.8. The number of carbonyl (C=O) groups excluding carboxylic acids is 2. The minimum Gasteiger partial charge on any atom is -0.507 e. The zero-order valence-electron chi connectivity index (χ0n) is 9.94. The summed E-state index contributed by atoms with van der Waals surface area (Å²) in [7, 11) is 0. The average Bonchev–Trinajstić information content (AvgIpc) is 2.45. The number of phenols is 1. The van der Waals surface area contributed by atoms with Gasteiger partial charge in [-0.3, -0.25) is 14.8 Å². The molecule has 100 valence electrons. The van der Waals surface area contributed by atoms with E-state index in [1.807, 2.05) is 0 Å². The van der Waals surface area contributed by atoms with Crippen LogP contribution in [0.3, 0.4) is 0 Å². The number of phenolic OH excluding ortho intramolecular Hbond substituents is 1. The molecule has 0 unspecified atom stereocenters. The molecule has 7 nitrogen and oxygen atoms in total. The van der Waals surface area contributed by atoms with Gasteiger partial charge in [0.1, 0.15) is 5.75 Å². The maximum atomic E-state index is 11.9. The van der Waals surface area contributed by atoms with E-state index in [4.69, 9.17) is 5.21 Å². The number of nitrogens with zero attached hydrogens (tertiary/aromatic N) is 2. The van der Waals surface area contributed by atoms with Gasteiger partial charge in [-0.05, 0) is 17.5 Å². The third-order valence-electron chi connectivity index (χ3n) is 3.21. The van der Waals surface area contributed by atoms with Crippen molar-refractivity contribution in [3.63, 3.8) is 0 Å². The van der Waals surface area contributed by atoms with Gasteiger partial charge >= 0.3 is 0 Å². The molecule has 3 N–H and O–H groups in total. The minimum atomic E-state index is -0.915. The maximum absolute atomic E-state index is 11.9. The molecule has 1 aliphatic heterocycles. The number of carbonyl (C=O) groups is 2. The van der Waals surface area contributed by atoms with E-state index in [0.29, 0.717) is 10.8 Å². The molecule has 3 rings (SSSR count). The number of benzene rings is 2. The first-order chi connectivity index (χ1) is 9.56. The van der Waals surface area contributed by atoms with Crippen LogP contribution in [0.25, 0.3) is 10.8 Å². The summed E-state index contributed by atoms with van der Waals surface area (Å²) < 4.78 is 0. The Labute approximate surface area is 111 Å². The number of imide groups is 1. The average molecular weight is 272 g/mol. The minimum absolute atomic E-state index is 0.00490. The van der Waals surface area contributed by atoms with E-state index in [0.717, 1.165) is 12.3 Å². The summed E-state index contributed by atoms with van der Waals surface area (Å²) in [6.45, 7) is 0. The fourth-order valence-electron chi connectivity index (χ4n) is 2.35. The first-order valence-corrected chi connectivity index (χ1v) is 5.60. The van der Waals surface area contributed by atoms with E-state index in [1.54, 1.807) is 6.07 Å². The van der Waals surface area contributed by atoms with Crippen molar-refractivity contribution in [2.45, 2.75) is 0 Å². The standard InChI is InChI=1S/C13H8N2O5/c16-10-4-8-11-6(9(10)5-14-19)2-1-3-7(11)12(17)15(20)13(8)18/h1-5,16,19-20H/b14-5-. The normalized spacial score (nSPS) is 14.6. The van der Waals surface area contributed by atoms with Crippen molar-refractivity contribution in [1.29, 1.82) is 0 Å². The fraction of sp³-hybridized carbons (Fsp3) is 0. The number of rotatable bonds is 1. The van der Waals surface area contributed by atoms with Crippen molar-refractivity contribution in [2.24, 2.45) is 5.16 Å². The molecule has 0 bridgehead atoms. The van der Waals surface area contributed by atoms with Crippen LogP contribution in [0, 0.1) is 0 Å². The van der Waals surface area contributed by atoms with Crippen LogP contribution in [0.4, 0.5) is 0 Å². The molecule has 2 aromatic rings. The van der Waals surface area contributed by atoms with Gasteiger partial charge in [-0.2, -0.15) is 0 Å². The summed E-state index contributed by atoms with van der Waals surface area (Å²) in [6.07, 6.45) is 1.01. The maximum Gasteiger partial charge on any atom is 0.285 e. The zero-order chi connectivity index (χ0) is 14.4. The van der Waals surface area contributed by atoms with Gasteiger partial charge in [-0.25, -0.2) is 0 Å². The molecule has 7 heteroatoms. The van der Waals surface area contributed by atoms with E-state index in [-0.39, 0.29) is 27.5 Å². The lowest BCUT2D eigenvalue weighted by molar-refractivity contribution is -0.0377. The summed E-state index contributed by atoms with van der Waals surface area (Å²) in [5, 5.41) is 31.6. The number of hydrogen-bond donors (Lipinski definition) is 3. The molecule has 20 heavy (non-hydrogen) atoms. The van der Waals surface area contributed by atoms with Crippen molar-refractivity contribution in [1.82, 2.24) is 5.06 Å². The van der Waals surface area contributed by atoms with Crippen LogP contribution in [0.2, 0.25) is 0 Å². The Kier molecular flexibility index (Phi) is 2.45. The lowest BCUT2D eigenvalue weighted by Gasteiger charge is -2.22. The summed E-state index contributed by atoms with van der Waals surface area (Å²) in [5.41, 5.74) is 0.317. The highest BCUT2D eigenvalue weighted by Crippen LogP contribution is 2.35. The van der Waals surface area contributed by atoms with Crippen molar-refractivity contribution in [3.8, 4) is 5.75 Å². The summed E-state index contributed by atoms with van der Waals surface area (Å²) in [6, 6.07) is 5.70. The van der Waals surface area contributed by atoms with Crippen molar-refractivity contribution in [2.75, 3.05) is 0 Å². The van der Waals surface area contributed by atoms with Gasteiger partial charge in [0.2, 0.25) is 0 Å². The van der Waals surface area contributed by atoms with Gasteiger partial charge in [0.05, 0.1) is 17.3 Å². The lowest BCUT2D eigenvalue weighted by Crippen LogP contribution is -2.37. The van der Waals surface area contributed by atoms with Crippen LogP contribution in [0.1, 0.15) is 26.3 Å². The molecule has 0 spiro atoms. The van der Waals surface area contributed by atoms with E-state index < -0.39 is 11.8 Å². The highest BCUT2D eigenvalue weighted by atomic mass is 16.5. The Morgan fingerprint density at radius 3 is 2.55 bits per heavy atom. The molecule has 0 radical (unpaired) electrons. The third kappa shape index (κ3) is 1.41. The number of aromatic hydroxyl groups is 1. The van der Waals surface area contributed by atoms with Crippen molar-refractivity contribution in [3.05, 3.63) is 41.0 Å².